The van der Waals surface area contributed by atoms with Crippen molar-refractivity contribution in [1.29, 1.82) is 0 Å². The Bertz CT molecular complexity index is 290. The minimum absolute atomic E-state index is 0.0650. The summed E-state index contributed by atoms with van der Waals surface area (Å²) in [4.78, 5) is 24.7. The van der Waals surface area contributed by atoms with Gasteiger partial charge < -0.3 is 4.74 Å². The molecule has 1 unspecified atom stereocenters. The second-order valence-corrected chi connectivity index (χ2v) is 5.83. The molecule has 0 aliphatic carbocycles. The summed E-state index contributed by atoms with van der Waals surface area (Å²) in [6.45, 7) is 5.39. The molecule has 1 aliphatic heterocycles. The van der Waals surface area contributed by atoms with Crippen molar-refractivity contribution in [2.75, 3.05) is 17.5 Å². The van der Waals surface area contributed by atoms with Gasteiger partial charge in [0.2, 0.25) is 0 Å². The van der Waals surface area contributed by atoms with Gasteiger partial charge in [-0.1, -0.05) is 0 Å². The first-order valence-electron chi connectivity index (χ1n) is 5.01. The van der Waals surface area contributed by atoms with Crippen LogP contribution in [0, 0.1) is 0 Å². The average Bonchev–Trinajstić information content (AvgIpc) is 2.62. The molecule has 1 heterocycles. The van der Waals surface area contributed by atoms with Crippen molar-refractivity contribution in [2.45, 2.75) is 32.4 Å². The molecule has 1 atom stereocenters. The lowest BCUT2D eigenvalue weighted by molar-refractivity contribution is -0.120. The van der Waals surface area contributed by atoms with Gasteiger partial charge in [0, 0.05) is 5.75 Å². The van der Waals surface area contributed by atoms with Gasteiger partial charge in [-0.05, 0) is 20.8 Å². The summed E-state index contributed by atoms with van der Waals surface area (Å²) in [5, 5.41) is 0. The zero-order chi connectivity index (χ0) is 12.3. The smallest absolute Gasteiger partial charge is 0.411 e. The molecule has 1 amide bonds. The molecule has 92 valence electrons. The average molecular weight is 266 g/mol. The number of carbonyl (C=O) groups excluding carboxylic acids is 2. The fraction of sp³-hybridized carbons (Fsp3) is 0.800. The number of rotatable bonds is 2. The monoisotopic (exact) mass is 265 g/mol. The number of nitrogens with zero attached hydrogens (tertiary/aromatic N) is 1. The molecule has 4 nitrogen and oxygen atoms in total. The van der Waals surface area contributed by atoms with Gasteiger partial charge >= 0.3 is 6.09 Å². The molecule has 0 saturated carbocycles. The second kappa shape index (κ2) is 5.27. The molecule has 0 bridgehead atoms. The van der Waals surface area contributed by atoms with Crippen LogP contribution in [-0.4, -0.2) is 45.9 Å². The zero-order valence-corrected chi connectivity index (χ0v) is 11.2. The standard InChI is InChI=1S/C10H16ClNO3S/c1-10(2,3)15-9(14)12-6-16-5-7(12)8(13)4-11/h7H,4-6H2,1-3H3. The third kappa shape index (κ3) is 3.56. The van der Waals surface area contributed by atoms with Crippen LogP contribution in [-0.2, 0) is 9.53 Å². The van der Waals surface area contributed by atoms with E-state index in [2.05, 4.69) is 0 Å². The maximum atomic E-state index is 11.8. The van der Waals surface area contributed by atoms with Crippen LogP contribution in [0.1, 0.15) is 20.8 Å². The fourth-order valence-corrected chi connectivity index (χ4v) is 2.65. The minimum atomic E-state index is -0.543. The van der Waals surface area contributed by atoms with Crippen molar-refractivity contribution in [2.24, 2.45) is 0 Å². The van der Waals surface area contributed by atoms with E-state index in [0.717, 1.165) is 0 Å². The molecule has 16 heavy (non-hydrogen) atoms. The number of ether oxygens (including phenoxy) is 1. The topological polar surface area (TPSA) is 46.6 Å². The van der Waals surface area contributed by atoms with Crippen LogP contribution in [0.2, 0.25) is 0 Å². The third-order valence-corrected chi connectivity index (χ3v) is 3.29. The Morgan fingerprint density at radius 3 is 2.62 bits per heavy atom. The molecule has 0 radical (unpaired) electrons. The molecule has 1 aliphatic rings. The van der Waals surface area contributed by atoms with Crippen LogP contribution in [0.15, 0.2) is 0 Å². The number of hydrogen-bond acceptors (Lipinski definition) is 4. The predicted molar refractivity (Wildman–Crippen MR) is 64.9 cm³/mol. The van der Waals surface area contributed by atoms with Crippen molar-refractivity contribution in [3.63, 3.8) is 0 Å². The third-order valence-electron chi connectivity index (χ3n) is 2.01. The lowest BCUT2D eigenvalue weighted by atomic mass is 10.2. The molecular formula is C10H16ClNO3S. The quantitative estimate of drug-likeness (QED) is 0.718. The van der Waals surface area contributed by atoms with E-state index < -0.39 is 17.7 Å². The number of Topliss-reactive ketones (excluding diaryl/α,β-unsaturated/α-hetero) is 1. The summed E-state index contributed by atoms with van der Waals surface area (Å²) in [7, 11) is 0. The highest BCUT2D eigenvalue weighted by molar-refractivity contribution is 7.99. The van der Waals surface area contributed by atoms with Crippen LogP contribution in [0.25, 0.3) is 0 Å². The van der Waals surface area contributed by atoms with Gasteiger partial charge in [0.1, 0.15) is 11.6 Å². The molecule has 0 aromatic heterocycles. The van der Waals surface area contributed by atoms with E-state index in [4.69, 9.17) is 16.3 Å². The Morgan fingerprint density at radius 1 is 1.50 bits per heavy atom. The molecule has 1 saturated heterocycles. The summed E-state index contributed by atoms with van der Waals surface area (Å²) in [5.41, 5.74) is -0.543. The maximum Gasteiger partial charge on any atom is 0.411 e. The van der Waals surface area contributed by atoms with E-state index in [1.165, 1.54) is 16.7 Å². The van der Waals surface area contributed by atoms with Gasteiger partial charge in [0.15, 0.2) is 5.78 Å². The largest absolute Gasteiger partial charge is 0.444 e. The molecular weight excluding hydrogens is 250 g/mol. The molecule has 1 rings (SSSR count). The Kier molecular flexibility index (Phi) is 4.50. The number of halogens is 1. The highest BCUT2D eigenvalue weighted by Gasteiger charge is 2.36. The molecule has 0 aromatic rings. The second-order valence-electron chi connectivity index (χ2n) is 4.57. The number of alkyl halides is 1. The van der Waals surface area contributed by atoms with Gasteiger partial charge in [-0.25, -0.2) is 4.79 Å². The van der Waals surface area contributed by atoms with Crippen molar-refractivity contribution in [3.8, 4) is 0 Å². The van der Waals surface area contributed by atoms with Gasteiger partial charge in [-0.3, -0.25) is 9.69 Å². The predicted octanol–water partition coefficient (Wildman–Crippen LogP) is 2.10. The Hall–Kier alpha value is -0.420. The highest BCUT2D eigenvalue weighted by Crippen LogP contribution is 2.24. The summed E-state index contributed by atoms with van der Waals surface area (Å²) in [5.74, 6) is 0.898. The highest BCUT2D eigenvalue weighted by atomic mass is 35.5. The number of thioether (sulfide) groups is 1. The molecule has 0 N–H and O–H groups in total. The normalized spacial score (nSPS) is 21.0. The zero-order valence-electron chi connectivity index (χ0n) is 9.66. The Labute approximate surface area is 105 Å². The molecule has 0 spiro atoms. The lowest BCUT2D eigenvalue weighted by Crippen LogP contribution is -2.44. The number of amides is 1. The molecule has 1 fully saturated rings. The van der Waals surface area contributed by atoms with Gasteiger partial charge in [-0.15, -0.1) is 23.4 Å². The van der Waals surface area contributed by atoms with E-state index in [0.29, 0.717) is 11.6 Å². The summed E-state index contributed by atoms with van der Waals surface area (Å²) >= 11 is 7.03. The maximum absolute atomic E-state index is 11.8. The van der Waals surface area contributed by atoms with E-state index in [9.17, 15) is 9.59 Å². The first-order chi connectivity index (χ1) is 7.35. The van der Waals surface area contributed by atoms with Crippen molar-refractivity contribution in [3.05, 3.63) is 0 Å². The SMILES string of the molecule is CC(C)(C)OC(=O)N1CSCC1C(=O)CCl. The molecule has 0 aromatic carbocycles. The van der Waals surface area contributed by atoms with E-state index in [1.54, 1.807) is 20.8 Å². The lowest BCUT2D eigenvalue weighted by Gasteiger charge is -2.27. The number of ketones is 1. The number of carbonyl (C=O) groups is 2. The summed E-state index contributed by atoms with van der Waals surface area (Å²) < 4.78 is 5.22. The van der Waals surface area contributed by atoms with Crippen LogP contribution in [0.5, 0.6) is 0 Å². The van der Waals surface area contributed by atoms with E-state index >= 15 is 0 Å². The summed E-state index contributed by atoms with van der Waals surface area (Å²) in [6, 6.07) is -0.433. The first-order valence-corrected chi connectivity index (χ1v) is 6.70. The van der Waals surface area contributed by atoms with Crippen LogP contribution >= 0.6 is 23.4 Å². The summed E-state index contributed by atoms with van der Waals surface area (Å²) in [6.07, 6.45) is -0.444. The van der Waals surface area contributed by atoms with Crippen LogP contribution in [0.4, 0.5) is 4.79 Å². The number of hydrogen-bond donors (Lipinski definition) is 0. The Balaban J connectivity index is 2.65. The van der Waals surface area contributed by atoms with Gasteiger partial charge in [-0.2, -0.15) is 0 Å². The van der Waals surface area contributed by atoms with E-state index in [-0.39, 0.29) is 11.7 Å². The van der Waals surface area contributed by atoms with E-state index in [1.807, 2.05) is 0 Å². The van der Waals surface area contributed by atoms with Crippen LogP contribution < -0.4 is 0 Å². The molecule has 6 heteroatoms. The Morgan fingerprint density at radius 2 is 2.12 bits per heavy atom. The van der Waals surface area contributed by atoms with Gasteiger partial charge in [0.25, 0.3) is 0 Å². The fourth-order valence-electron chi connectivity index (χ4n) is 1.30. The van der Waals surface area contributed by atoms with Gasteiger partial charge in [0.05, 0.1) is 11.8 Å². The first kappa shape index (κ1) is 13.6. The van der Waals surface area contributed by atoms with Crippen molar-refractivity contribution in [1.82, 2.24) is 4.90 Å². The van der Waals surface area contributed by atoms with Crippen molar-refractivity contribution >= 4 is 35.2 Å². The van der Waals surface area contributed by atoms with Crippen LogP contribution in [0.3, 0.4) is 0 Å². The van der Waals surface area contributed by atoms with Crippen molar-refractivity contribution < 1.29 is 14.3 Å². The minimum Gasteiger partial charge on any atom is -0.444 e.